The topological polar surface area (TPSA) is 55.5 Å². The summed E-state index contributed by atoms with van der Waals surface area (Å²) in [7, 11) is 0. The molecular formula is C14H22FNO2. The zero-order valence-corrected chi connectivity index (χ0v) is 11.4. The minimum atomic E-state index is -0.980. The zero-order chi connectivity index (χ0) is 13.9. The number of rotatable bonds is 5. The van der Waals surface area contributed by atoms with Crippen molar-refractivity contribution < 1.29 is 14.2 Å². The van der Waals surface area contributed by atoms with Crippen LogP contribution in [0.15, 0.2) is 18.2 Å². The molecule has 0 radical (unpaired) electrons. The summed E-state index contributed by atoms with van der Waals surface area (Å²) in [5.74, 6) is -0.284. The highest BCUT2D eigenvalue weighted by molar-refractivity contribution is 5.30. The van der Waals surface area contributed by atoms with Crippen LogP contribution in [0.2, 0.25) is 0 Å². The predicted molar refractivity (Wildman–Crippen MR) is 70.0 cm³/mol. The molecule has 0 amide bonds. The van der Waals surface area contributed by atoms with Crippen molar-refractivity contribution in [3.05, 3.63) is 29.6 Å². The molecular weight excluding hydrogens is 233 g/mol. The van der Waals surface area contributed by atoms with E-state index in [9.17, 15) is 9.50 Å². The monoisotopic (exact) mass is 255 g/mol. The number of benzene rings is 1. The van der Waals surface area contributed by atoms with E-state index in [-0.39, 0.29) is 24.3 Å². The molecule has 18 heavy (non-hydrogen) atoms. The van der Waals surface area contributed by atoms with Crippen LogP contribution in [0.3, 0.4) is 0 Å². The van der Waals surface area contributed by atoms with E-state index in [1.54, 1.807) is 26.0 Å². The third kappa shape index (κ3) is 3.68. The Bertz CT molecular complexity index is 403. The molecule has 0 aliphatic rings. The van der Waals surface area contributed by atoms with E-state index in [2.05, 4.69) is 0 Å². The molecule has 0 heterocycles. The van der Waals surface area contributed by atoms with Crippen LogP contribution in [0, 0.1) is 11.7 Å². The SMILES string of the molecule is CC(C)C(C)(O)COc1ccc([C@H](C)N)cc1F. The molecule has 0 spiro atoms. The van der Waals surface area contributed by atoms with Crippen LogP contribution in [0.4, 0.5) is 4.39 Å². The van der Waals surface area contributed by atoms with Gasteiger partial charge in [0.1, 0.15) is 6.61 Å². The van der Waals surface area contributed by atoms with Crippen molar-refractivity contribution in [3.63, 3.8) is 0 Å². The van der Waals surface area contributed by atoms with E-state index < -0.39 is 11.4 Å². The Labute approximate surface area is 108 Å². The van der Waals surface area contributed by atoms with Gasteiger partial charge in [0.15, 0.2) is 11.6 Å². The van der Waals surface area contributed by atoms with Crippen molar-refractivity contribution in [1.82, 2.24) is 0 Å². The molecule has 1 aromatic carbocycles. The molecule has 0 saturated carbocycles. The first-order chi connectivity index (χ1) is 8.24. The maximum absolute atomic E-state index is 13.7. The van der Waals surface area contributed by atoms with Gasteiger partial charge in [0.05, 0.1) is 5.60 Å². The summed E-state index contributed by atoms with van der Waals surface area (Å²) in [4.78, 5) is 0. The summed E-state index contributed by atoms with van der Waals surface area (Å²) >= 11 is 0. The minimum absolute atomic E-state index is 0.0314. The molecule has 0 bridgehead atoms. The summed E-state index contributed by atoms with van der Waals surface area (Å²) in [6, 6.07) is 4.43. The summed E-state index contributed by atoms with van der Waals surface area (Å²) in [6.07, 6.45) is 0. The molecule has 3 nitrogen and oxygen atoms in total. The second-order valence-corrected chi connectivity index (χ2v) is 5.28. The van der Waals surface area contributed by atoms with E-state index in [4.69, 9.17) is 10.5 Å². The van der Waals surface area contributed by atoms with Gasteiger partial charge in [-0.2, -0.15) is 0 Å². The van der Waals surface area contributed by atoms with Crippen LogP contribution in [0.25, 0.3) is 0 Å². The standard InChI is InChI=1S/C14H22FNO2/c1-9(2)14(4,17)8-18-13-6-5-11(10(3)16)7-12(13)15/h5-7,9-10,17H,8,16H2,1-4H3/t10-,14?/m0/s1. The molecule has 1 unspecified atom stereocenters. The average molecular weight is 255 g/mol. The lowest BCUT2D eigenvalue weighted by Gasteiger charge is -2.27. The van der Waals surface area contributed by atoms with E-state index in [0.717, 1.165) is 5.56 Å². The third-order valence-electron chi connectivity index (χ3n) is 3.25. The largest absolute Gasteiger partial charge is 0.488 e. The fourth-order valence-electron chi connectivity index (χ4n) is 1.31. The summed E-state index contributed by atoms with van der Waals surface area (Å²) < 4.78 is 19.1. The predicted octanol–water partition coefficient (Wildman–Crippen LogP) is 2.63. The number of aliphatic hydroxyl groups is 1. The average Bonchev–Trinajstić information content (AvgIpc) is 2.26. The molecule has 0 fully saturated rings. The van der Waals surface area contributed by atoms with E-state index >= 15 is 0 Å². The van der Waals surface area contributed by atoms with Gasteiger partial charge in [-0.3, -0.25) is 0 Å². The normalized spacial score (nSPS) is 16.4. The van der Waals surface area contributed by atoms with E-state index in [1.807, 2.05) is 13.8 Å². The van der Waals surface area contributed by atoms with Gasteiger partial charge in [-0.1, -0.05) is 19.9 Å². The molecule has 0 aliphatic heterocycles. The van der Waals surface area contributed by atoms with Crippen LogP contribution in [-0.4, -0.2) is 17.3 Å². The molecule has 3 N–H and O–H groups in total. The van der Waals surface area contributed by atoms with Gasteiger partial charge in [0, 0.05) is 6.04 Å². The Morgan fingerprint density at radius 1 is 1.39 bits per heavy atom. The molecule has 2 atom stereocenters. The Morgan fingerprint density at radius 2 is 2.00 bits per heavy atom. The first kappa shape index (κ1) is 14.9. The molecule has 1 rings (SSSR count). The fraction of sp³-hybridized carbons (Fsp3) is 0.571. The van der Waals surface area contributed by atoms with Crippen LogP contribution in [0.1, 0.15) is 39.3 Å². The molecule has 1 aromatic rings. The van der Waals surface area contributed by atoms with Gasteiger partial charge < -0.3 is 15.6 Å². The van der Waals surface area contributed by atoms with Gasteiger partial charge in [0.2, 0.25) is 0 Å². The Hall–Kier alpha value is -1.13. The van der Waals surface area contributed by atoms with Crippen molar-refractivity contribution in [2.75, 3.05) is 6.61 Å². The highest BCUT2D eigenvalue weighted by Gasteiger charge is 2.26. The van der Waals surface area contributed by atoms with Gasteiger partial charge in [-0.15, -0.1) is 0 Å². The van der Waals surface area contributed by atoms with Gasteiger partial charge in [-0.25, -0.2) is 4.39 Å². The molecule has 0 saturated heterocycles. The highest BCUT2D eigenvalue weighted by atomic mass is 19.1. The van der Waals surface area contributed by atoms with Crippen molar-refractivity contribution >= 4 is 0 Å². The fourth-order valence-corrected chi connectivity index (χ4v) is 1.31. The van der Waals surface area contributed by atoms with Crippen LogP contribution < -0.4 is 10.5 Å². The van der Waals surface area contributed by atoms with Crippen LogP contribution in [0.5, 0.6) is 5.75 Å². The third-order valence-corrected chi connectivity index (χ3v) is 3.25. The zero-order valence-electron chi connectivity index (χ0n) is 11.4. The second-order valence-electron chi connectivity index (χ2n) is 5.28. The van der Waals surface area contributed by atoms with Crippen molar-refractivity contribution in [2.24, 2.45) is 11.7 Å². The maximum Gasteiger partial charge on any atom is 0.165 e. The lowest BCUT2D eigenvalue weighted by molar-refractivity contribution is -0.0275. The van der Waals surface area contributed by atoms with Gasteiger partial charge in [0.25, 0.3) is 0 Å². The number of halogens is 1. The molecule has 102 valence electrons. The molecule has 0 aromatic heterocycles. The molecule has 0 aliphatic carbocycles. The van der Waals surface area contributed by atoms with Crippen LogP contribution in [-0.2, 0) is 0 Å². The lowest BCUT2D eigenvalue weighted by atomic mass is 9.94. The number of nitrogens with two attached hydrogens (primary N) is 1. The lowest BCUT2D eigenvalue weighted by Crippen LogP contribution is -2.37. The first-order valence-corrected chi connectivity index (χ1v) is 6.14. The highest BCUT2D eigenvalue weighted by Crippen LogP contribution is 2.23. The Kier molecular flexibility index (Phi) is 4.71. The Morgan fingerprint density at radius 3 is 2.44 bits per heavy atom. The van der Waals surface area contributed by atoms with Crippen molar-refractivity contribution in [1.29, 1.82) is 0 Å². The van der Waals surface area contributed by atoms with Crippen LogP contribution >= 0.6 is 0 Å². The van der Waals surface area contributed by atoms with E-state index in [0.29, 0.717) is 0 Å². The quantitative estimate of drug-likeness (QED) is 0.850. The van der Waals surface area contributed by atoms with Gasteiger partial charge >= 0.3 is 0 Å². The number of hydrogen-bond acceptors (Lipinski definition) is 3. The summed E-state index contributed by atoms with van der Waals surface area (Å²) in [5.41, 5.74) is 5.41. The molecule has 4 heteroatoms. The van der Waals surface area contributed by atoms with Gasteiger partial charge in [-0.05, 0) is 37.5 Å². The minimum Gasteiger partial charge on any atom is -0.488 e. The number of ether oxygens (including phenoxy) is 1. The van der Waals surface area contributed by atoms with Crippen molar-refractivity contribution in [3.8, 4) is 5.75 Å². The number of hydrogen-bond donors (Lipinski definition) is 2. The smallest absolute Gasteiger partial charge is 0.165 e. The maximum atomic E-state index is 13.7. The second kappa shape index (κ2) is 5.67. The summed E-state index contributed by atoms with van der Waals surface area (Å²) in [5, 5.41) is 10.0. The van der Waals surface area contributed by atoms with E-state index in [1.165, 1.54) is 6.07 Å². The Balaban J connectivity index is 2.75. The van der Waals surface area contributed by atoms with Crippen molar-refractivity contribution in [2.45, 2.75) is 39.3 Å². The summed E-state index contributed by atoms with van der Waals surface area (Å²) in [6.45, 7) is 7.29. The first-order valence-electron chi connectivity index (χ1n) is 6.14.